The average molecular weight is 451 g/mol. The number of fused-ring (bicyclic) bond motifs is 1. The molecule has 0 radical (unpaired) electrons. The molecule has 33 heavy (non-hydrogen) atoms. The molecular weight excluding hydrogens is 420 g/mol. The monoisotopic (exact) mass is 450 g/mol. The number of amides is 1. The van der Waals surface area contributed by atoms with Gasteiger partial charge in [-0.05, 0) is 50.1 Å². The van der Waals surface area contributed by atoms with Gasteiger partial charge in [0.05, 0.1) is 22.3 Å². The number of nitrogens with one attached hydrogen (secondary N) is 2. The van der Waals surface area contributed by atoms with Crippen LogP contribution in [0.3, 0.4) is 0 Å². The summed E-state index contributed by atoms with van der Waals surface area (Å²) >= 11 is 0. The van der Waals surface area contributed by atoms with E-state index in [9.17, 15) is 14.4 Å². The van der Waals surface area contributed by atoms with E-state index in [2.05, 4.69) is 25.1 Å². The van der Waals surface area contributed by atoms with E-state index in [1.807, 2.05) is 32.0 Å². The van der Waals surface area contributed by atoms with Gasteiger partial charge in [-0.2, -0.15) is 0 Å². The maximum absolute atomic E-state index is 12.7. The van der Waals surface area contributed by atoms with Gasteiger partial charge in [-0.3, -0.25) is 19.1 Å². The van der Waals surface area contributed by atoms with Crippen LogP contribution >= 0.6 is 0 Å². The number of aromatic nitrogens is 3. The molecule has 1 aliphatic rings. The third-order valence-electron chi connectivity index (χ3n) is 6.29. The first-order valence-electron chi connectivity index (χ1n) is 11.3. The molecule has 1 aromatic carbocycles. The molecule has 0 atom stereocenters. The Morgan fingerprint density at radius 3 is 2.48 bits per heavy atom. The molecule has 0 spiro atoms. The summed E-state index contributed by atoms with van der Waals surface area (Å²) in [6.45, 7) is 10.2. The number of hydrogen-bond acceptors (Lipinski definition) is 6. The Bertz CT molecular complexity index is 1320. The van der Waals surface area contributed by atoms with Gasteiger partial charge in [-0.25, -0.2) is 9.78 Å². The van der Waals surface area contributed by atoms with Crippen LogP contribution in [0.25, 0.3) is 10.9 Å². The summed E-state index contributed by atoms with van der Waals surface area (Å²) in [5.74, 6) is -0.185. The van der Waals surface area contributed by atoms with Crippen LogP contribution in [0.4, 0.5) is 5.69 Å². The summed E-state index contributed by atoms with van der Waals surface area (Å²) in [5.41, 5.74) is 4.26. The molecule has 2 N–H and O–H groups in total. The molecule has 0 unspecified atom stereocenters. The first-order chi connectivity index (χ1) is 15.8. The highest BCUT2D eigenvalue weighted by Gasteiger charge is 2.20. The van der Waals surface area contributed by atoms with Crippen molar-refractivity contribution in [2.75, 3.05) is 38.1 Å². The van der Waals surface area contributed by atoms with E-state index in [1.165, 1.54) is 4.57 Å². The quantitative estimate of drug-likeness (QED) is 0.609. The van der Waals surface area contributed by atoms with Crippen molar-refractivity contribution < 1.29 is 4.79 Å². The molecule has 0 saturated carbocycles. The molecule has 2 aromatic heterocycles. The van der Waals surface area contributed by atoms with Crippen LogP contribution in [0, 0.1) is 13.8 Å². The van der Waals surface area contributed by atoms with Gasteiger partial charge in [0.1, 0.15) is 5.69 Å². The first-order valence-corrected chi connectivity index (χ1v) is 11.3. The lowest BCUT2D eigenvalue weighted by Crippen LogP contribution is -2.46. The number of pyridine rings is 1. The third-order valence-corrected chi connectivity index (χ3v) is 6.29. The van der Waals surface area contributed by atoms with Crippen LogP contribution in [0.2, 0.25) is 0 Å². The minimum Gasteiger partial charge on any atom is -0.368 e. The first kappa shape index (κ1) is 22.7. The van der Waals surface area contributed by atoms with Gasteiger partial charge < -0.3 is 15.2 Å². The molecule has 174 valence electrons. The van der Waals surface area contributed by atoms with Crippen LogP contribution in [0.15, 0.2) is 33.9 Å². The largest absolute Gasteiger partial charge is 0.368 e. The van der Waals surface area contributed by atoms with E-state index in [4.69, 9.17) is 0 Å². The van der Waals surface area contributed by atoms with Gasteiger partial charge in [-0.15, -0.1) is 0 Å². The second-order valence-electron chi connectivity index (χ2n) is 8.46. The van der Waals surface area contributed by atoms with Gasteiger partial charge in [0.15, 0.2) is 0 Å². The van der Waals surface area contributed by atoms with E-state index in [1.54, 1.807) is 20.0 Å². The molecular formula is C24H30N6O3. The predicted octanol–water partition coefficient (Wildman–Crippen LogP) is 1.40. The fourth-order valence-electron chi connectivity index (χ4n) is 4.58. The van der Waals surface area contributed by atoms with Crippen LogP contribution in [-0.2, 0) is 13.1 Å². The lowest BCUT2D eigenvalue weighted by Gasteiger charge is -2.36. The number of nitrogens with zero attached hydrogens (tertiary/aromatic N) is 4. The Kier molecular flexibility index (Phi) is 6.33. The number of carbonyl (C=O) groups excluding carboxylic acids is 1. The van der Waals surface area contributed by atoms with Crippen LogP contribution in [0.1, 0.15) is 34.2 Å². The van der Waals surface area contributed by atoms with E-state index in [0.717, 1.165) is 55.2 Å². The number of benzene rings is 1. The van der Waals surface area contributed by atoms with Crippen LogP contribution < -0.4 is 21.5 Å². The highest BCUT2D eigenvalue weighted by Crippen LogP contribution is 2.22. The summed E-state index contributed by atoms with van der Waals surface area (Å²) in [6, 6.07) is 7.69. The molecule has 0 bridgehead atoms. The van der Waals surface area contributed by atoms with Crippen molar-refractivity contribution in [3.8, 4) is 0 Å². The van der Waals surface area contributed by atoms with Gasteiger partial charge in [-0.1, -0.05) is 6.07 Å². The van der Waals surface area contributed by atoms with Crippen molar-refractivity contribution >= 4 is 22.5 Å². The molecule has 1 aliphatic heterocycles. The van der Waals surface area contributed by atoms with Crippen molar-refractivity contribution in [3.05, 3.63) is 67.6 Å². The maximum Gasteiger partial charge on any atom is 0.328 e. The summed E-state index contributed by atoms with van der Waals surface area (Å²) < 4.78 is 1.23. The summed E-state index contributed by atoms with van der Waals surface area (Å²) in [6.07, 6.45) is 0. The van der Waals surface area contributed by atoms with Crippen molar-refractivity contribution in [2.45, 2.75) is 33.9 Å². The number of H-pyrrole nitrogens is 1. The zero-order valence-corrected chi connectivity index (χ0v) is 19.6. The lowest BCUT2D eigenvalue weighted by atomic mass is 10.1. The average Bonchev–Trinajstić information content (AvgIpc) is 2.79. The fourth-order valence-corrected chi connectivity index (χ4v) is 4.58. The Morgan fingerprint density at radius 2 is 1.85 bits per heavy atom. The number of hydrogen-bond donors (Lipinski definition) is 2. The third kappa shape index (κ3) is 4.41. The molecule has 1 saturated heterocycles. The van der Waals surface area contributed by atoms with Crippen LogP contribution in [-0.4, -0.2) is 58.6 Å². The highest BCUT2D eigenvalue weighted by atomic mass is 16.2. The maximum atomic E-state index is 12.7. The van der Waals surface area contributed by atoms with Crippen molar-refractivity contribution in [1.29, 1.82) is 0 Å². The molecule has 9 nitrogen and oxygen atoms in total. The Morgan fingerprint density at radius 1 is 1.12 bits per heavy atom. The minimum absolute atomic E-state index is 0.185. The normalized spacial score (nSPS) is 14.6. The number of anilines is 1. The molecule has 1 fully saturated rings. The number of aromatic amines is 1. The van der Waals surface area contributed by atoms with E-state index in [-0.39, 0.29) is 17.2 Å². The fraction of sp³-hybridized carbons (Fsp3) is 0.417. The Labute approximate surface area is 192 Å². The second kappa shape index (κ2) is 9.19. The van der Waals surface area contributed by atoms with E-state index >= 15 is 0 Å². The van der Waals surface area contributed by atoms with Crippen molar-refractivity contribution in [1.82, 2.24) is 24.8 Å². The number of aryl methyl sites for hydroxylation is 2. The minimum atomic E-state index is -0.369. The molecule has 3 aromatic rings. The smallest absolute Gasteiger partial charge is 0.328 e. The molecule has 9 heteroatoms. The van der Waals surface area contributed by atoms with Crippen molar-refractivity contribution in [3.63, 3.8) is 0 Å². The van der Waals surface area contributed by atoms with Gasteiger partial charge >= 0.3 is 5.69 Å². The SMILES string of the molecule is CCn1c(=O)[nH]c2cc(CN3CCN(c4ccc(C(=O)NC)nc4C)CC3)cc(C)c2c1=O. The molecule has 0 aliphatic carbocycles. The lowest BCUT2D eigenvalue weighted by molar-refractivity contribution is 0.0958. The van der Waals surface area contributed by atoms with Gasteiger partial charge in [0.2, 0.25) is 0 Å². The number of carbonyl (C=O) groups is 1. The van der Waals surface area contributed by atoms with Crippen LogP contribution in [0.5, 0.6) is 0 Å². The van der Waals surface area contributed by atoms with Gasteiger partial charge in [0, 0.05) is 46.3 Å². The predicted molar refractivity (Wildman–Crippen MR) is 129 cm³/mol. The van der Waals surface area contributed by atoms with E-state index in [0.29, 0.717) is 23.1 Å². The zero-order valence-electron chi connectivity index (χ0n) is 19.6. The molecule has 3 heterocycles. The topological polar surface area (TPSA) is 103 Å². The second-order valence-corrected chi connectivity index (χ2v) is 8.46. The molecule has 1 amide bonds. The summed E-state index contributed by atoms with van der Waals surface area (Å²) in [5, 5.41) is 3.18. The van der Waals surface area contributed by atoms with Gasteiger partial charge in [0.25, 0.3) is 11.5 Å². The Balaban J connectivity index is 1.48. The Hall–Kier alpha value is -3.46. The molecule has 4 rings (SSSR count). The summed E-state index contributed by atoms with van der Waals surface area (Å²) in [7, 11) is 1.60. The number of rotatable bonds is 5. The van der Waals surface area contributed by atoms with Crippen molar-refractivity contribution in [2.24, 2.45) is 0 Å². The van der Waals surface area contributed by atoms with E-state index < -0.39 is 0 Å². The summed E-state index contributed by atoms with van der Waals surface area (Å²) in [4.78, 5) is 48.7. The standard InChI is InChI=1S/C24H30N6O3/c1-5-30-23(32)21-15(2)12-17(13-19(21)27-24(30)33)14-28-8-10-29(11-9-28)20-7-6-18(22(31)25-4)26-16(20)3/h6-7,12-13H,5,8-11,14H2,1-4H3,(H,25,31)(H,27,33). The highest BCUT2D eigenvalue weighted by molar-refractivity contribution is 5.92. The number of piperazine rings is 1. The zero-order chi connectivity index (χ0) is 23.7.